The highest BCUT2D eigenvalue weighted by atomic mass is 32.2. The Kier molecular flexibility index (Phi) is 6.97. The zero-order valence-electron chi connectivity index (χ0n) is 22.5. The highest BCUT2D eigenvalue weighted by Crippen LogP contribution is 2.58. The summed E-state index contributed by atoms with van der Waals surface area (Å²) in [7, 11) is -2.74. The Morgan fingerprint density at radius 2 is 1.78 bits per heavy atom. The molecule has 1 aromatic carbocycles. The van der Waals surface area contributed by atoms with Gasteiger partial charge in [-0.2, -0.15) is 8.42 Å². The zero-order chi connectivity index (χ0) is 26.4. The maximum Gasteiger partial charge on any atom is 0.297 e. The minimum Gasteiger partial charge on any atom is -0.361 e. The maximum atomic E-state index is 12.6. The predicted octanol–water partition coefficient (Wildman–Crippen LogP) is 5.20. The van der Waals surface area contributed by atoms with Gasteiger partial charge >= 0.3 is 0 Å². The van der Waals surface area contributed by atoms with Crippen LogP contribution in [-0.2, 0) is 25.8 Å². The second-order valence-electron chi connectivity index (χ2n) is 12.1. The Bertz CT molecular complexity index is 1350. The van der Waals surface area contributed by atoms with Gasteiger partial charge in [0.2, 0.25) is 0 Å². The molecule has 1 spiro atoms. The van der Waals surface area contributed by atoms with Crippen molar-refractivity contribution in [3.05, 3.63) is 48.4 Å². The number of anilines is 1. The lowest BCUT2D eigenvalue weighted by molar-refractivity contribution is -0.0764. The van der Waals surface area contributed by atoms with Gasteiger partial charge in [0.1, 0.15) is 24.5 Å². The molecule has 3 aromatic rings. The average Bonchev–Trinajstić information content (AvgIpc) is 3.20. The average molecular weight is 543 g/mol. The zero-order valence-corrected chi connectivity index (χ0v) is 24.3. The van der Waals surface area contributed by atoms with Crippen molar-refractivity contribution in [2.24, 2.45) is 5.41 Å². The first kappa shape index (κ1) is 26.3. The number of benzene rings is 1. The summed E-state index contributed by atoms with van der Waals surface area (Å²) in [5.74, 6) is 0.930. The first-order valence-corrected chi connectivity index (χ1v) is 18.2. The normalized spacial score (nSPS) is 23.7. The minimum atomic E-state index is -3.72. The van der Waals surface area contributed by atoms with Crippen molar-refractivity contribution in [1.82, 2.24) is 14.5 Å². The van der Waals surface area contributed by atoms with E-state index in [1.54, 1.807) is 30.6 Å². The smallest absolute Gasteiger partial charge is 0.297 e. The van der Waals surface area contributed by atoms with Crippen molar-refractivity contribution >= 4 is 35.0 Å². The fraction of sp³-hybridized carbons (Fsp3) is 0.556. The molecule has 10 heteroatoms. The molecule has 2 heterocycles. The highest BCUT2D eigenvalue weighted by Gasteiger charge is 2.55. The molecule has 2 fully saturated rings. The molecule has 2 aliphatic carbocycles. The van der Waals surface area contributed by atoms with Gasteiger partial charge in [-0.25, -0.2) is 9.97 Å². The van der Waals surface area contributed by atoms with E-state index >= 15 is 0 Å². The second-order valence-corrected chi connectivity index (χ2v) is 19.3. The third-order valence-electron chi connectivity index (χ3n) is 7.87. The molecule has 2 aliphatic rings. The van der Waals surface area contributed by atoms with Gasteiger partial charge < -0.3 is 14.2 Å². The van der Waals surface area contributed by atoms with E-state index in [9.17, 15) is 8.42 Å². The van der Waals surface area contributed by atoms with Crippen molar-refractivity contribution in [3.8, 4) is 0 Å². The quantitative estimate of drug-likeness (QED) is 0.198. The Morgan fingerprint density at radius 1 is 1.08 bits per heavy atom. The summed E-state index contributed by atoms with van der Waals surface area (Å²) in [4.78, 5) is 11.6. The Labute approximate surface area is 221 Å². The second kappa shape index (κ2) is 9.80. The topological polar surface area (TPSA) is 86.6 Å². The molecule has 0 N–H and O–H groups in total. The molecule has 0 amide bonds. The van der Waals surface area contributed by atoms with Crippen LogP contribution in [0.3, 0.4) is 0 Å². The lowest BCUT2D eigenvalue weighted by Crippen LogP contribution is -2.58. The van der Waals surface area contributed by atoms with Gasteiger partial charge in [-0.3, -0.25) is 4.18 Å². The Hall–Kier alpha value is -2.27. The number of aromatic nitrogens is 3. The largest absolute Gasteiger partial charge is 0.361 e. The summed E-state index contributed by atoms with van der Waals surface area (Å²) in [6.45, 7) is 10.3. The van der Waals surface area contributed by atoms with Crippen molar-refractivity contribution in [3.63, 3.8) is 0 Å². The monoisotopic (exact) mass is 542 g/mol. The summed E-state index contributed by atoms with van der Waals surface area (Å²) < 4.78 is 38.8. The van der Waals surface area contributed by atoms with Crippen LogP contribution in [0.25, 0.3) is 11.0 Å². The Morgan fingerprint density at radius 3 is 2.46 bits per heavy atom. The van der Waals surface area contributed by atoms with Crippen LogP contribution >= 0.6 is 0 Å². The molecule has 0 atom stereocenters. The standard InChI is InChI=1S/C27H38N4O4SSi/c1-20-6-8-23(9-7-20)36(32,33)35-22-16-27(17-22)14-21(15-27)30(2)25-24-10-11-31(26(24)29-18-28-25)19-34-12-13-37(3,4)5/h6-11,18,21-22H,12-17,19H2,1-5H3. The molecule has 37 heavy (non-hydrogen) atoms. The van der Waals surface area contributed by atoms with Crippen LogP contribution < -0.4 is 4.90 Å². The van der Waals surface area contributed by atoms with E-state index in [2.05, 4.69) is 47.6 Å². The third kappa shape index (κ3) is 5.62. The van der Waals surface area contributed by atoms with Gasteiger partial charge in [0.15, 0.2) is 0 Å². The highest BCUT2D eigenvalue weighted by molar-refractivity contribution is 7.86. The first-order chi connectivity index (χ1) is 17.4. The number of ether oxygens (including phenoxy) is 1. The van der Waals surface area contributed by atoms with Crippen LogP contribution in [0.4, 0.5) is 5.82 Å². The van der Waals surface area contributed by atoms with E-state index < -0.39 is 18.2 Å². The van der Waals surface area contributed by atoms with Crippen LogP contribution in [0.1, 0.15) is 31.2 Å². The summed E-state index contributed by atoms with van der Waals surface area (Å²) in [6, 6.07) is 10.4. The summed E-state index contributed by atoms with van der Waals surface area (Å²) in [5, 5.41) is 1.03. The van der Waals surface area contributed by atoms with E-state index in [1.807, 2.05) is 17.7 Å². The lowest BCUT2D eigenvalue weighted by Gasteiger charge is -2.59. The number of hydrogen-bond acceptors (Lipinski definition) is 7. The molecule has 0 radical (unpaired) electrons. The van der Waals surface area contributed by atoms with Crippen LogP contribution in [0.15, 0.2) is 47.8 Å². The van der Waals surface area contributed by atoms with Crippen LogP contribution in [-0.4, -0.2) is 56.8 Å². The molecule has 8 nitrogen and oxygen atoms in total. The predicted molar refractivity (Wildman–Crippen MR) is 148 cm³/mol. The van der Waals surface area contributed by atoms with E-state index in [-0.39, 0.29) is 16.4 Å². The van der Waals surface area contributed by atoms with E-state index in [0.717, 1.165) is 60.7 Å². The number of fused-ring (bicyclic) bond motifs is 1. The molecule has 0 aliphatic heterocycles. The summed E-state index contributed by atoms with van der Waals surface area (Å²) in [6.07, 6.45) is 7.01. The molecule has 2 aromatic heterocycles. The minimum absolute atomic E-state index is 0.175. The Balaban J connectivity index is 1.16. The van der Waals surface area contributed by atoms with Gasteiger partial charge in [-0.1, -0.05) is 37.3 Å². The van der Waals surface area contributed by atoms with Crippen molar-refractivity contribution in [1.29, 1.82) is 0 Å². The van der Waals surface area contributed by atoms with Crippen molar-refractivity contribution in [2.45, 2.75) is 82.1 Å². The van der Waals surface area contributed by atoms with E-state index in [4.69, 9.17) is 8.92 Å². The number of hydrogen-bond donors (Lipinski definition) is 0. The van der Waals surface area contributed by atoms with Crippen molar-refractivity contribution in [2.75, 3.05) is 18.6 Å². The maximum absolute atomic E-state index is 12.6. The van der Waals surface area contributed by atoms with Gasteiger partial charge in [0.25, 0.3) is 10.1 Å². The molecule has 5 rings (SSSR count). The molecule has 0 unspecified atom stereocenters. The van der Waals surface area contributed by atoms with Crippen molar-refractivity contribution < 1.29 is 17.3 Å². The molecular formula is C27H38N4O4SSi. The summed E-state index contributed by atoms with van der Waals surface area (Å²) in [5.41, 5.74) is 2.08. The van der Waals surface area contributed by atoms with Crippen LogP contribution in [0, 0.1) is 12.3 Å². The lowest BCUT2D eigenvalue weighted by atomic mass is 9.52. The van der Waals surface area contributed by atoms with Gasteiger partial charge in [-0.15, -0.1) is 0 Å². The third-order valence-corrected chi connectivity index (χ3v) is 11.0. The van der Waals surface area contributed by atoms with Gasteiger partial charge in [0.05, 0.1) is 16.4 Å². The first-order valence-electron chi connectivity index (χ1n) is 13.1. The summed E-state index contributed by atoms with van der Waals surface area (Å²) >= 11 is 0. The number of aryl methyl sites for hydroxylation is 1. The molecule has 200 valence electrons. The number of nitrogens with zero attached hydrogens (tertiary/aromatic N) is 4. The van der Waals surface area contributed by atoms with E-state index in [0.29, 0.717) is 12.8 Å². The van der Waals surface area contributed by atoms with E-state index in [1.165, 1.54) is 0 Å². The fourth-order valence-corrected chi connectivity index (χ4v) is 7.38. The molecular weight excluding hydrogens is 504 g/mol. The number of rotatable bonds is 10. The van der Waals surface area contributed by atoms with Gasteiger partial charge in [-0.05, 0) is 62.3 Å². The molecule has 0 saturated heterocycles. The molecule has 2 saturated carbocycles. The molecule has 0 bridgehead atoms. The van der Waals surface area contributed by atoms with Crippen LogP contribution in [0.5, 0.6) is 0 Å². The fourth-order valence-electron chi connectivity index (χ4n) is 5.55. The van der Waals surface area contributed by atoms with Crippen LogP contribution in [0.2, 0.25) is 25.7 Å². The van der Waals surface area contributed by atoms with Gasteiger partial charge in [0, 0.05) is 34.0 Å². The SMILES string of the molecule is Cc1ccc(S(=O)(=O)OC2CC3(C2)CC(N(C)c2ncnc4c2ccn4COCC[Si](C)(C)C)C3)cc1.